The molecule has 3 N–H and O–H groups in total. The Balaban J connectivity index is 0.000000195. The van der Waals surface area contributed by atoms with Crippen LogP contribution in [0.2, 0.25) is 0 Å². The lowest BCUT2D eigenvalue weighted by atomic mass is 9.85. The smallest absolute Gasteiger partial charge is 0.397 e. The van der Waals surface area contributed by atoms with Crippen molar-refractivity contribution in [3.05, 3.63) is 84.2 Å². The van der Waals surface area contributed by atoms with Gasteiger partial charge in [-0.1, -0.05) is 6.42 Å². The van der Waals surface area contributed by atoms with Crippen molar-refractivity contribution in [3.8, 4) is 22.5 Å². The number of nitrogen functional groups attached to an aromatic ring is 1. The normalized spacial score (nSPS) is 13.7. The highest BCUT2D eigenvalue weighted by molar-refractivity contribution is 5.63. The summed E-state index contributed by atoms with van der Waals surface area (Å²) >= 11 is 0. The Morgan fingerprint density at radius 1 is 0.732 bits per heavy atom. The van der Waals surface area contributed by atoms with Gasteiger partial charge in [0.1, 0.15) is 11.6 Å². The number of nitrogens with zero attached hydrogens (tertiary/aromatic N) is 4. The summed E-state index contributed by atoms with van der Waals surface area (Å²) in [6, 6.07) is 7.29. The summed E-state index contributed by atoms with van der Waals surface area (Å²) in [5.74, 6) is -0.854. The SMILES string of the molecule is Fc1cncc(-c2ccc(NCC3CCC3)c(C(F)(F)F)n2)c1.Nc1ccc(-c2cncc(F)c2)nc1C(F)(F)F. The molecule has 41 heavy (non-hydrogen) atoms. The molecule has 216 valence electrons. The molecule has 5 rings (SSSR count). The minimum atomic E-state index is -4.65. The molecule has 1 saturated carbocycles. The standard InChI is InChI=1S/C16H15F4N3.C11H7F4N3/c17-12-6-11(8-21-9-12)13-4-5-14(15(23-13)16(18,19)20)22-7-10-2-1-3-10;12-7-3-6(4-17-5-7)9-2-1-8(16)10(18-9)11(13,14)15/h4-6,8-10,22H,1-3,7H2;1-5H,16H2. The van der Waals surface area contributed by atoms with E-state index in [0.717, 1.165) is 49.9 Å². The van der Waals surface area contributed by atoms with Crippen LogP contribution in [0.25, 0.3) is 22.5 Å². The van der Waals surface area contributed by atoms with Gasteiger partial charge in [-0.3, -0.25) is 9.97 Å². The molecule has 1 aliphatic rings. The number of hydrogen-bond acceptors (Lipinski definition) is 6. The fraction of sp³-hybridized carbons (Fsp3) is 0.259. The molecule has 6 nitrogen and oxygen atoms in total. The number of aromatic nitrogens is 4. The van der Waals surface area contributed by atoms with Gasteiger partial charge in [0, 0.05) is 30.1 Å². The lowest BCUT2D eigenvalue weighted by molar-refractivity contribution is -0.141. The highest BCUT2D eigenvalue weighted by Crippen LogP contribution is 2.36. The van der Waals surface area contributed by atoms with E-state index in [1.165, 1.54) is 30.6 Å². The summed E-state index contributed by atoms with van der Waals surface area (Å²) in [6.07, 6.45) is -1.59. The number of nitrogens with one attached hydrogen (secondary N) is 1. The summed E-state index contributed by atoms with van der Waals surface area (Å²) in [6.45, 7) is 0.506. The van der Waals surface area contributed by atoms with Crippen molar-refractivity contribution < 1.29 is 35.1 Å². The lowest BCUT2D eigenvalue weighted by Gasteiger charge is -2.26. The zero-order chi connectivity index (χ0) is 29.8. The summed E-state index contributed by atoms with van der Waals surface area (Å²) in [5.41, 5.74) is 2.88. The summed E-state index contributed by atoms with van der Waals surface area (Å²) in [7, 11) is 0. The number of hydrogen-bond donors (Lipinski definition) is 2. The van der Waals surface area contributed by atoms with Gasteiger partial charge in [-0.15, -0.1) is 0 Å². The first-order valence-corrected chi connectivity index (χ1v) is 12.2. The van der Waals surface area contributed by atoms with Crippen molar-refractivity contribution >= 4 is 11.4 Å². The van der Waals surface area contributed by atoms with Crippen molar-refractivity contribution in [2.75, 3.05) is 17.6 Å². The van der Waals surface area contributed by atoms with Gasteiger partial charge in [-0.05, 0) is 55.2 Å². The Labute approximate surface area is 228 Å². The van der Waals surface area contributed by atoms with Crippen molar-refractivity contribution in [2.45, 2.75) is 31.6 Å². The fourth-order valence-corrected chi connectivity index (χ4v) is 3.89. The maximum atomic E-state index is 13.3. The van der Waals surface area contributed by atoms with E-state index in [9.17, 15) is 35.1 Å². The van der Waals surface area contributed by atoms with Crippen LogP contribution in [0, 0.1) is 17.6 Å². The van der Waals surface area contributed by atoms with E-state index in [1.807, 2.05) is 0 Å². The monoisotopic (exact) mass is 582 g/mol. The molecule has 14 heteroatoms. The van der Waals surface area contributed by atoms with Crippen LogP contribution in [0.1, 0.15) is 30.7 Å². The second kappa shape index (κ2) is 12.0. The van der Waals surface area contributed by atoms with Crippen LogP contribution >= 0.6 is 0 Å². The molecule has 0 unspecified atom stereocenters. The molecule has 4 heterocycles. The zero-order valence-corrected chi connectivity index (χ0v) is 21.1. The van der Waals surface area contributed by atoms with Crippen LogP contribution in [0.15, 0.2) is 61.2 Å². The van der Waals surface area contributed by atoms with E-state index in [0.29, 0.717) is 12.5 Å². The van der Waals surface area contributed by atoms with Gasteiger partial charge in [0.15, 0.2) is 11.4 Å². The van der Waals surface area contributed by atoms with Crippen LogP contribution in [-0.4, -0.2) is 26.5 Å². The van der Waals surface area contributed by atoms with Crippen molar-refractivity contribution in [1.82, 2.24) is 19.9 Å². The lowest BCUT2D eigenvalue weighted by Crippen LogP contribution is -2.23. The molecule has 0 amide bonds. The second-order valence-electron chi connectivity index (χ2n) is 9.18. The third-order valence-electron chi connectivity index (χ3n) is 6.17. The number of pyridine rings is 4. The van der Waals surface area contributed by atoms with E-state index < -0.39 is 41.1 Å². The number of anilines is 2. The number of halogens is 8. The van der Waals surface area contributed by atoms with Gasteiger partial charge in [0.25, 0.3) is 0 Å². The molecule has 1 aliphatic carbocycles. The van der Waals surface area contributed by atoms with Gasteiger partial charge < -0.3 is 11.1 Å². The van der Waals surface area contributed by atoms with Gasteiger partial charge in [0.05, 0.1) is 35.2 Å². The van der Waals surface area contributed by atoms with E-state index in [4.69, 9.17) is 5.73 Å². The Hall–Kier alpha value is -4.36. The molecule has 0 bridgehead atoms. The third kappa shape index (κ3) is 7.64. The molecule has 0 spiro atoms. The molecular formula is C27H22F8N6. The average Bonchev–Trinajstić information content (AvgIpc) is 2.87. The minimum absolute atomic E-state index is 0.0384. The summed E-state index contributed by atoms with van der Waals surface area (Å²) in [4.78, 5) is 14.3. The minimum Gasteiger partial charge on any atom is -0.397 e. The van der Waals surface area contributed by atoms with Crippen LogP contribution in [0.5, 0.6) is 0 Å². The third-order valence-corrected chi connectivity index (χ3v) is 6.17. The summed E-state index contributed by atoms with van der Waals surface area (Å²) < 4.78 is 104. The Morgan fingerprint density at radius 3 is 1.71 bits per heavy atom. The topological polar surface area (TPSA) is 89.6 Å². The van der Waals surface area contributed by atoms with Crippen LogP contribution < -0.4 is 11.1 Å². The molecule has 4 aromatic rings. The van der Waals surface area contributed by atoms with E-state index in [2.05, 4.69) is 25.3 Å². The van der Waals surface area contributed by atoms with Gasteiger partial charge >= 0.3 is 12.4 Å². The highest BCUT2D eigenvalue weighted by Gasteiger charge is 2.37. The van der Waals surface area contributed by atoms with Crippen LogP contribution in [0.3, 0.4) is 0 Å². The first kappa shape index (κ1) is 29.6. The van der Waals surface area contributed by atoms with E-state index in [-0.39, 0.29) is 28.2 Å². The Morgan fingerprint density at radius 2 is 1.24 bits per heavy atom. The van der Waals surface area contributed by atoms with Crippen LogP contribution in [0.4, 0.5) is 46.5 Å². The largest absolute Gasteiger partial charge is 0.435 e. The fourth-order valence-electron chi connectivity index (χ4n) is 3.89. The van der Waals surface area contributed by atoms with Crippen molar-refractivity contribution in [2.24, 2.45) is 5.92 Å². The first-order chi connectivity index (χ1) is 19.3. The molecule has 4 aromatic heterocycles. The Kier molecular flexibility index (Phi) is 8.69. The maximum absolute atomic E-state index is 13.3. The predicted octanol–water partition coefficient (Wildman–Crippen LogP) is 7.40. The summed E-state index contributed by atoms with van der Waals surface area (Å²) in [5, 5.41) is 2.84. The first-order valence-electron chi connectivity index (χ1n) is 12.2. The zero-order valence-electron chi connectivity index (χ0n) is 21.1. The van der Waals surface area contributed by atoms with Gasteiger partial charge in [-0.2, -0.15) is 26.3 Å². The van der Waals surface area contributed by atoms with Gasteiger partial charge in [-0.25, -0.2) is 18.7 Å². The molecule has 0 aromatic carbocycles. The second-order valence-corrected chi connectivity index (χ2v) is 9.18. The molecule has 0 saturated heterocycles. The molecule has 0 atom stereocenters. The van der Waals surface area contributed by atoms with E-state index in [1.54, 1.807) is 0 Å². The molecule has 1 fully saturated rings. The maximum Gasteiger partial charge on any atom is 0.435 e. The molecule has 0 aliphatic heterocycles. The average molecular weight is 582 g/mol. The predicted molar refractivity (Wildman–Crippen MR) is 135 cm³/mol. The highest BCUT2D eigenvalue weighted by atomic mass is 19.4. The van der Waals surface area contributed by atoms with Crippen molar-refractivity contribution in [1.29, 1.82) is 0 Å². The quantitative estimate of drug-likeness (QED) is 0.239. The molecule has 0 radical (unpaired) electrons. The Bertz CT molecular complexity index is 1500. The number of rotatable bonds is 5. The number of nitrogens with two attached hydrogens (primary N) is 1. The van der Waals surface area contributed by atoms with E-state index >= 15 is 0 Å². The number of alkyl halides is 6. The van der Waals surface area contributed by atoms with Crippen LogP contribution in [-0.2, 0) is 12.4 Å². The van der Waals surface area contributed by atoms with Crippen molar-refractivity contribution in [3.63, 3.8) is 0 Å². The molecular weight excluding hydrogens is 560 g/mol. The van der Waals surface area contributed by atoms with Gasteiger partial charge in [0.2, 0.25) is 0 Å².